The second kappa shape index (κ2) is 61.3. The first-order valence-electron chi connectivity index (χ1n) is 47.8. The number of hydrogen-bond acceptors (Lipinski definition) is 39. The van der Waals surface area contributed by atoms with Gasteiger partial charge in [-0.2, -0.15) is 4.99 Å². The zero-order valence-electron chi connectivity index (χ0n) is 84.9. The first-order valence-corrected chi connectivity index (χ1v) is 48.2. The second-order valence-corrected chi connectivity index (χ2v) is 34.6. The average Bonchev–Trinajstić information content (AvgIpc) is 1.67. The van der Waals surface area contributed by atoms with Crippen LogP contribution in [0.1, 0.15) is 124 Å². The van der Waals surface area contributed by atoms with Crippen LogP contribution in [0.25, 0.3) is 0 Å². The summed E-state index contributed by atoms with van der Waals surface area (Å²) < 4.78 is 20.8. The summed E-state index contributed by atoms with van der Waals surface area (Å²) in [5.41, 5.74) is 55.5. The molecule has 0 saturated heterocycles. The molecule has 788 valence electrons. The van der Waals surface area contributed by atoms with Gasteiger partial charge in [0.1, 0.15) is 30.4 Å². The van der Waals surface area contributed by atoms with Crippen molar-refractivity contribution in [1.82, 2.24) is 90.0 Å². The molecule has 0 fully saturated rings. The normalized spacial score (nSPS) is 22.1. The maximum absolute atomic E-state index is 9.37. The fourth-order valence-electron chi connectivity index (χ4n) is 13.0. The maximum Gasteiger partial charge on any atom is 0.231 e. The van der Waals surface area contributed by atoms with Gasteiger partial charge in [-0.25, -0.2) is 34.9 Å². The fraction of sp³-hybridized carbons (Fsp3) is 0.462. The monoisotopic (exact) mass is 2030 g/mol. The predicted molar refractivity (Wildman–Crippen MR) is 584 cm³/mol. The highest BCUT2D eigenvalue weighted by atomic mass is 35.5. The second-order valence-electron chi connectivity index (χ2n) is 34.2. The number of halogens is 1. The number of nitrogens with one attached hydrogen (secondary N) is 17. The number of nitrogens with zero attached hydrogens (tertiary/aromatic N) is 19. The third kappa shape index (κ3) is 46.7. The number of fused-ring (bicyclic) bond motifs is 1. The number of benzene rings is 4. The van der Waals surface area contributed by atoms with Crippen LogP contribution in [0.15, 0.2) is 227 Å². The molecular formula is C93H148ClN45O6. The van der Waals surface area contributed by atoms with Crippen LogP contribution >= 0.6 is 11.6 Å². The molecule has 10 aliphatic heterocycles. The molecule has 16 rings (SSSR count). The lowest BCUT2D eigenvalue weighted by Crippen LogP contribution is -2.52. The molecule has 10 aliphatic rings. The van der Waals surface area contributed by atoms with Gasteiger partial charge in [-0.15, -0.1) is 0 Å². The number of hydrogen-bond donors (Lipinski definition) is 28. The van der Waals surface area contributed by atoms with Crippen LogP contribution in [0.4, 0.5) is 5.69 Å². The zero-order valence-corrected chi connectivity index (χ0v) is 85.7. The lowest BCUT2D eigenvalue weighted by Gasteiger charge is -2.22. The van der Waals surface area contributed by atoms with Crippen LogP contribution in [-0.4, -0.2) is 276 Å². The van der Waals surface area contributed by atoms with Crippen molar-refractivity contribution in [2.75, 3.05) is 98.2 Å². The third-order valence-electron chi connectivity index (χ3n) is 19.9. The number of furan rings is 2. The molecule has 145 heavy (non-hydrogen) atoms. The number of phenolic OH excluding ortho intramolecular Hbond substituents is 2. The van der Waals surface area contributed by atoms with E-state index >= 15 is 0 Å². The molecule has 6 aromatic rings. The highest BCUT2D eigenvalue weighted by Crippen LogP contribution is 2.33. The molecule has 4 aromatic carbocycles. The van der Waals surface area contributed by atoms with E-state index in [1.54, 1.807) is 24.9 Å². The molecule has 0 aliphatic carbocycles. The first-order chi connectivity index (χ1) is 69.5. The van der Waals surface area contributed by atoms with Gasteiger partial charge in [0.2, 0.25) is 24.7 Å². The van der Waals surface area contributed by atoms with Gasteiger partial charge in [0.25, 0.3) is 0 Å². The fourth-order valence-corrected chi connectivity index (χ4v) is 13.1. The van der Waals surface area contributed by atoms with Gasteiger partial charge in [0.15, 0.2) is 112 Å². The largest absolute Gasteiger partial charge is 0.504 e. The quantitative estimate of drug-likeness (QED) is 0.0372. The smallest absolute Gasteiger partial charge is 0.231 e. The molecule has 0 saturated carbocycles. The van der Waals surface area contributed by atoms with Gasteiger partial charge >= 0.3 is 0 Å². The van der Waals surface area contributed by atoms with Crippen molar-refractivity contribution in [3.8, 4) is 23.0 Å². The highest BCUT2D eigenvalue weighted by molar-refractivity contribution is 6.30. The van der Waals surface area contributed by atoms with Crippen LogP contribution in [0.3, 0.4) is 0 Å². The van der Waals surface area contributed by atoms with E-state index in [4.69, 9.17) is 81.5 Å². The van der Waals surface area contributed by atoms with Crippen molar-refractivity contribution in [3.05, 3.63) is 161 Å². The molecule has 12 heterocycles. The summed E-state index contributed by atoms with van der Waals surface area (Å²) in [6, 6.07) is 35.6. The molecule has 0 amide bonds. The minimum atomic E-state index is -0.122. The Hall–Kier alpha value is -16.4. The van der Waals surface area contributed by atoms with Gasteiger partial charge in [-0.05, 0) is 197 Å². The molecule has 51 nitrogen and oxygen atoms in total. The van der Waals surface area contributed by atoms with E-state index in [1.807, 2.05) is 146 Å². The van der Waals surface area contributed by atoms with E-state index in [-0.39, 0.29) is 60.3 Å². The molecular weight excluding hydrogens is 1880 g/mol. The standard InChI is InChI=1S/C14H19N5O2.C13H18ClN5.C13H19N5.C12H17N5O2.2C10H15N5O.C9H19N5.C7H15N5.C5H11N5/c1-9-7-17-13(15)19-14(18-9)16-5-4-10-2-3-11-12(6-10)21-8-20-11;1-8(2)15-12-16-9(3)17-13(19-12)18-11-6-4-10(14)5-7-11;1-10-9-16-12(14)18-13(17-10)15-8-7-11-5-3-2-4-6-11;1-7-15-11(13)17-12(16-7)14-5-4-8-2-3-9(18)10(19)6-8;1-7-13-9(11)15-10(14-7)12-4-2-8-3-5-16-6-8;1-7-13-9(11)15-10(14-7)12-5-4-8-3-2-6-16-8;1-3-4-5-11-9-13-7(2)6-12-8(10)14-9;1-5-4-9-6(8)11-7(10-5)12(2)3;1-3-2-8-4(6)10-5(7)9-3/h2-3,6,9H,4-5,7-8H2,1H3,(H4,15,16,17,18,19);4-9H,1-3H3,(H3,15,16,17,18,19);2-6,10H,7-9H2,1H3,(H4,14,15,16,17,18);2-3,6-7,18-19H,4-5H2,1H3,(H4,13,14,15,16,17);3,5-7H,2,4H2,1H3,(H4,11,12,13,14,15);2-3,6-7H,4-5H2,1H3,(H4,11,12,13,14,15);7H,3-6H2,1-2H3,(H4,10,11,12,13,14);5H,4H2,1-3H3,(H3,8,9,10,11);3H,2H2,1H3,(H5,6,7,8,9,10). The summed E-state index contributed by atoms with van der Waals surface area (Å²) in [4.78, 5) is 78.0. The number of anilines is 1. The van der Waals surface area contributed by atoms with E-state index in [9.17, 15) is 10.2 Å². The number of nitrogens with two attached hydrogens (primary N) is 9. The number of unbranched alkanes of at least 4 members (excludes halogenated alkanes) is 1. The Morgan fingerprint density at radius 2 is 0.938 bits per heavy atom. The van der Waals surface area contributed by atoms with Gasteiger partial charge in [0.05, 0.1) is 57.1 Å². The van der Waals surface area contributed by atoms with Crippen LogP contribution in [0.2, 0.25) is 5.02 Å². The summed E-state index contributed by atoms with van der Waals surface area (Å²) in [5, 5.41) is 70.7. The Kier molecular flexibility index (Phi) is 48.2. The van der Waals surface area contributed by atoms with Crippen molar-refractivity contribution < 1.29 is 28.5 Å². The summed E-state index contributed by atoms with van der Waals surface area (Å²) in [6.45, 7) is 31.6. The van der Waals surface area contributed by atoms with E-state index < -0.39 is 0 Å². The third-order valence-corrected chi connectivity index (χ3v) is 20.2. The van der Waals surface area contributed by atoms with Crippen LogP contribution in [0, 0.1) is 0 Å². The molecule has 9 atom stereocenters. The van der Waals surface area contributed by atoms with Crippen molar-refractivity contribution in [2.24, 2.45) is 141 Å². The van der Waals surface area contributed by atoms with Crippen molar-refractivity contribution in [3.63, 3.8) is 0 Å². The van der Waals surface area contributed by atoms with Crippen molar-refractivity contribution >= 4 is 125 Å². The SMILES string of the molecule is CC1CN=C(N)NC(=NCCc2ccc3c(c2)OCO3)N1.CC1CN=C(N)NC(=NCCc2ccccc2)N1.CC1CN=C(N)NC(N(C)C)=N1.CC1CN=C(N)NC(N)=N1.CC1N=C(N)NC(=NCCc2ccc(O)c(O)c2)N1.CC1N=C(N)NC(=NCCc2ccco2)N1.CC1N=C(N)NC(=NCCc2ccoc2)N1.CC1N=C(Nc2ccc(Cl)cc2)NC(NC(C)C)=N1.CCCCN=C1N=C(N)NCC(C)N1. The van der Waals surface area contributed by atoms with E-state index in [2.05, 4.69) is 227 Å². The molecule has 0 radical (unpaired) electrons. The minimum absolute atomic E-state index is 0.0334. The molecule has 0 bridgehead atoms. The zero-order chi connectivity index (χ0) is 105. The van der Waals surface area contributed by atoms with Crippen LogP contribution in [0.5, 0.6) is 23.0 Å². The summed E-state index contributed by atoms with van der Waals surface area (Å²) >= 11 is 5.86. The van der Waals surface area contributed by atoms with Crippen LogP contribution < -0.4 is 151 Å². The summed E-state index contributed by atoms with van der Waals surface area (Å²) in [7, 11) is 3.83. The number of rotatable bonds is 20. The first kappa shape index (κ1) is 114. The predicted octanol–water partition coefficient (Wildman–Crippen LogP) is 0.871. The highest BCUT2D eigenvalue weighted by Gasteiger charge is 2.21. The minimum Gasteiger partial charge on any atom is -0.504 e. The van der Waals surface area contributed by atoms with Crippen LogP contribution in [-0.2, 0) is 32.1 Å². The van der Waals surface area contributed by atoms with E-state index in [0.29, 0.717) is 178 Å². The maximum atomic E-state index is 9.37. The average molecular weight is 2030 g/mol. The molecule has 9 unspecified atom stereocenters. The Labute approximate surface area is 851 Å². The van der Waals surface area contributed by atoms with E-state index in [0.717, 1.165) is 110 Å². The number of aromatic hydroxyl groups is 2. The Morgan fingerprint density at radius 1 is 0.441 bits per heavy atom. The topological polar surface area (TPSA) is 750 Å². The van der Waals surface area contributed by atoms with Gasteiger partial charge in [0, 0.05) is 101 Å². The summed E-state index contributed by atoms with van der Waals surface area (Å²) in [6.07, 6.45) is 11.0. The molecule has 52 heteroatoms. The Morgan fingerprint density at radius 3 is 1.47 bits per heavy atom. The van der Waals surface area contributed by atoms with Gasteiger partial charge in [-0.1, -0.05) is 67.4 Å². The number of guanidine groups is 18. The van der Waals surface area contributed by atoms with Gasteiger partial charge in [-0.3, -0.25) is 92.5 Å². The number of phenols is 2. The lowest BCUT2D eigenvalue weighted by molar-refractivity contribution is 0.174. The lowest BCUT2D eigenvalue weighted by atomic mass is 10.1. The summed E-state index contributed by atoms with van der Waals surface area (Å²) in [5.74, 6) is 11.9. The molecule has 37 N–H and O–H groups in total. The molecule has 0 spiro atoms. The van der Waals surface area contributed by atoms with Crippen molar-refractivity contribution in [2.45, 2.75) is 189 Å². The number of aliphatic imine (C=N–C) groups is 18. The number of ether oxygens (including phenoxy) is 2. The Balaban J connectivity index is 0.000000201. The van der Waals surface area contributed by atoms with Gasteiger partial charge < -0.3 is 133 Å². The Bertz CT molecular complexity index is 5500. The van der Waals surface area contributed by atoms with E-state index in [1.165, 1.54) is 17.7 Å². The molecule has 2 aromatic heterocycles. The van der Waals surface area contributed by atoms with Crippen molar-refractivity contribution in [1.29, 1.82) is 0 Å².